The summed E-state index contributed by atoms with van der Waals surface area (Å²) in [6, 6.07) is 13.7. The number of hydrogen-bond donors (Lipinski definition) is 2. The molecule has 0 fully saturated rings. The Kier molecular flexibility index (Phi) is 5.87. The standard InChI is InChI=1S/C18H21ClN2O3S/c1-18(2,3)21-25(23,24)16-7-5-4-6-15(16)13-8-10-14(11-9-13)20-17(22)12-19/h4-11,21H,12H2,1-3H3,(H,20,22). The molecule has 0 saturated carbocycles. The number of halogens is 1. The number of sulfonamides is 1. The topological polar surface area (TPSA) is 75.3 Å². The quantitative estimate of drug-likeness (QED) is 0.778. The fourth-order valence-corrected chi connectivity index (χ4v) is 4.04. The normalized spacial score (nSPS) is 12.0. The number of rotatable bonds is 5. The summed E-state index contributed by atoms with van der Waals surface area (Å²) in [5, 5.41) is 2.64. The van der Waals surface area contributed by atoms with Crippen molar-refractivity contribution in [1.29, 1.82) is 0 Å². The first-order chi connectivity index (χ1) is 11.6. The van der Waals surface area contributed by atoms with Crippen LogP contribution in [0.1, 0.15) is 20.8 Å². The van der Waals surface area contributed by atoms with Crippen molar-refractivity contribution in [2.75, 3.05) is 11.2 Å². The molecule has 2 N–H and O–H groups in total. The fourth-order valence-electron chi connectivity index (χ4n) is 2.33. The molecule has 0 heterocycles. The molecular weight excluding hydrogens is 360 g/mol. The summed E-state index contributed by atoms with van der Waals surface area (Å²) in [5.74, 6) is -0.423. The SMILES string of the molecule is CC(C)(C)NS(=O)(=O)c1ccccc1-c1ccc(NC(=O)CCl)cc1. The molecule has 0 aliphatic rings. The van der Waals surface area contributed by atoms with Gasteiger partial charge in [-0.3, -0.25) is 4.79 Å². The van der Waals surface area contributed by atoms with Crippen molar-refractivity contribution >= 4 is 33.2 Å². The van der Waals surface area contributed by atoms with E-state index in [-0.39, 0.29) is 16.7 Å². The van der Waals surface area contributed by atoms with E-state index in [0.717, 1.165) is 5.56 Å². The van der Waals surface area contributed by atoms with Crippen molar-refractivity contribution in [2.24, 2.45) is 0 Å². The fraction of sp³-hybridized carbons (Fsp3) is 0.278. The zero-order valence-electron chi connectivity index (χ0n) is 14.3. The third kappa shape index (κ3) is 5.29. The van der Waals surface area contributed by atoms with E-state index < -0.39 is 15.6 Å². The second kappa shape index (κ2) is 7.56. The Morgan fingerprint density at radius 1 is 1.04 bits per heavy atom. The minimum Gasteiger partial charge on any atom is -0.325 e. The van der Waals surface area contributed by atoms with Crippen LogP contribution in [0.3, 0.4) is 0 Å². The third-order valence-electron chi connectivity index (χ3n) is 3.22. The van der Waals surface area contributed by atoms with Gasteiger partial charge in [0.05, 0.1) is 4.90 Å². The lowest BCUT2D eigenvalue weighted by atomic mass is 10.1. The molecule has 0 atom stereocenters. The highest BCUT2D eigenvalue weighted by atomic mass is 35.5. The molecule has 0 saturated heterocycles. The van der Waals surface area contributed by atoms with Crippen LogP contribution in [-0.4, -0.2) is 25.7 Å². The number of carbonyl (C=O) groups is 1. The van der Waals surface area contributed by atoms with Gasteiger partial charge in [0.1, 0.15) is 5.88 Å². The maximum absolute atomic E-state index is 12.7. The highest BCUT2D eigenvalue weighted by Gasteiger charge is 2.24. The Morgan fingerprint density at radius 2 is 1.64 bits per heavy atom. The zero-order chi connectivity index (χ0) is 18.7. The Bertz CT molecular complexity index is 857. The van der Waals surface area contributed by atoms with Crippen LogP contribution in [0.5, 0.6) is 0 Å². The summed E-state index contributed by atoms with van der Waals surface area (Å²) in [4.78, 5) is 11.5. The largest absolute Gasteiger partial charge is 0.325 e. The molecule has 25 heavy (non-hydrogen) atoms. The molecule has 5 nitrogen and oxygen atoms in total. The Balaban J connectivity index is 2.40. The Morgan fingerprint density at radius 3 is 2.20 bits per heavy atom. The molecule has 2 rings (SSSR count). The molecule has 0 spiro atoms. The first-order valence-electron chi connectivity index (χ1n) is 7.72. The first-order valence-corrected chi connectivity index (χ1v) is 9.73. The minimum atomic E-state index is -3.67. The van der Waals surface area contributed by atoms with Gasteiger partial charge in [-0.15, -0.1) is 11.6 Å². The number of amides is 1. The molecule has 2 aromatic carbocycles. The van der Waals surface area contributed by atoms with Gasteiger partial charge in [0.15, 0.2) is 0 Å². The smallest absolute Gasteiger partial charge is 0.241 e. The molecule has 0 bridgehead atoms. The van der Waals surface area contributed by atoms with Gasteiger partial charge in [-0.2, -0.15) is 0 Å². The zero-order valence-corrected chi connectivity index (χ0v) is 15.9. The molecule has 0 radical (unpaired) electrons. The van der Waals surface area contributed by atoms with Crippen LogP contribution < -0.4 is 10.0 Å². The molecule has 0 unspecified atom stereocenters. The van der Waals surface area contributed by atoms with Crippen LogP contribution in [0.2, 0.25) is 0 Å². The van der Waals surface area contributed by atoms with E-state index in [0.29, 0.717) is 11.3 Å². The number of benzene rings is 2. The number of hydrogen-bond acceptors (Lipinski definition) is 3. The highest BCUT2D eigenvalue weighted by Crippen LogP contribution is 2.29. The van der Waals surface area contributed by atoms with E-state index in [4.69, 9.17) is 11.6 Å². The molecule has 0 aliphatic heterocycles. The molecule has 7 heteroatoms. The van der Waals surface area contributed by atoms with Gasteiger partial charge in [-0.25, -0.2) is 13.1 Å². The molecular formula is C18H21ClN2O3S. The van der Waals surface area contributed by atoms with E-state index >= 15 is 0 Å². The van der Waals surface area contributed by atoms with Crippen LogP contribution in [-0.2, 0) is 14.8 Å². The van der Waals surface area contributed by atoms with Gasteiger partial charge in [0.25, 0.3) is 0 Å². The van der Waals surface area contributed by atoms with E-state index in [1.54, 1.807) is 69.3 Å². The first kappa shape index (κ1) is 19.4. The van der Waals surface area contributed by atoms with Gasteiger partial charge < -0.3 is 5.32 Å². The van der Waals surface area contributed by atoms with Crippen molar-refractivity contribution in [3.63, 3.8) is 0 Å². The lowest BCUT2D eigenvalue weighted by Gasteiger charge is -2.21. The van der Waals surface area contributed by atoms with E-state index in [2.05, 4.69) is 10.0 Å². The van der Waals surface area contributed by atoms with Crippen LogP contribution in [0, 0.1) is 0 Å². The number of anilines is 1. The number of carbonyl (C=O) groups excluding carboxylic acids is 1. The van der Waals surface area contributed by atoms with Crippen molar-refractivity contribution in [3.8, 4) is 11.1 Å². The molecule has 134 valence electrons. The van der Waals surface area contributed by atoms with Gasteiger partial charge in [-0.05, 0) is 44.5 Å². The second-order valence-corrected chi connectivity index (χ2v) is 8.53. The summed E-state index contributed by atoms with van der Waals surface area (Å²) in [7, 11) is -3.67. The minimum absolute atomic E-state index is 0.124. The van der Waals surface area contributed by atoms with E-state index in [9.17, 15) is 13.2 Å². The van der Waals surface area contributed by atoms with Gasteiger partial charge in [0, 0.05) is 16.8 Å². The van der Waals surface area contributed by atoms with Crippen molar-refractivity contribution in [1.82, 2.24) is 4.72 Å². The number of nitrogens with one attached hydrogen (secondary N) is 2. The predicted octanol–water partition coefficient (Wildman–Crippen LogP) is 3.61. The lowest BCUT2D eigenvalue weighted by Crippen LogP contribution is -2.40. The third-order valence-corrected chi connectivity index (χ3v) is 5.28. The van der Waals surface area contributed by atoms with Crippen LogP contribution in [0.4, 0.5) is 5.69 Å². The molecule has 1 amide bonds. The summed E-state index contributed by atoms with van der Waals surface area (Å²) >= 11 is 5.47. The molecule has 0 aromatic heterocycles. The predicted molar refractivity (Wildman–Crippen MR) is 101 cm³/mol. The maximum atomic E-state index is 12.7. The van der Waals surface area contributed by atoms with Gasteiger partial charge >= 0.3 is 0 Å². The Labute approximate surface area is 153 Å². The van der Waals surface area contributed by atoms with E-state index in [1.165, 1.54) is 0 Å². The molecule has 0 aliphatic carbocycles. The Hall–Kier alpha value is -1.89. The summed E-state index contributed by atoms with van der Waals surface area (Å²) < 4.78 is 28.1. The maximum Gasteiger partial charge on any atom is 0.241 e. The monoisotopic (exact) mass is 380 g/mol. The van der Waals surface area contributed by atoms with Crippen LogP contribution >= 0.6 is 11.6 Å². The van der Waals surface area contributed by atoms with Crippen LogP contribution in [0.25, 0.3) is 11.1 Å². The highest BCUT2D eigenvalue weighted by molar-refractivity contribution is 7.89. The average molecular weight is 381 g/mol. The second-order valence-electron chi connectivity index (χ2n) is 6.61. The van der Waals surface area contributed by atoms with E-state index in [1.807, 2.05) is 0 Å². The summed E-state index contributed by atoms with van der Waals surface area (Å²) in [6.07, 6.45) is 0. The van der Waals surface area contributed by atoms with Crippen molar-refractivity contribution in [2.45, 2.75) is 31.2 Å². The van der Waals surface area contributed by atoms with Crippen LogP contribution in [0.15, 0.2) is 53.4 Å². The number of alkyl halides is 1. The average Bonchev–Trinajstić information content (AvgIpc) is 2.53. The lowest BCUT2D eigenvalue weighted by molar-refractivity contribution is -0.113. The van der Waals surface area contributed by atoms with Gasteiger partial charge in [-0.1, -0.05) is 30.3 Å². The molecule has 2 aromatic rings. The van der Waals surface area contributed by atoms with Crippen molar-refractivity contribution < 1.29 is 13.2 Å². The summed E-state index contributed by atoms with van der Waals surface area (Å²) in [6.45, 7) is 5.38. The summed E-state index contributed by atoms with van der Waals surface area (Å²) in [5.41, 5.74) is 1.34. The van der Waals surface area contributed by atoms with Crippen molar-refractivity contribution in [3.05, 3.63) is 48.5 Å². The van der Waals surface area contributed by atoms with Gasteiger partial charge in [0.2, 0.25) is 15.9 Å².